The Hall–Kier alpha value is -2.02. The molecule has 0 saturated carbocycles. The van der Waals surface area contributed by atoms with Crippen molar-refractivity contribution in [2.45, 2.75) is 20.0 Å². The fourth-order valence-electron chi connectivity index (χ4n) is 1.52. The van der Waals surface area contributed by atoms with Crippen molar-refractivity contribution in [2.24, 2.45) is 0 Å². The summed E-state index contributed by atoms with van der Waals surface area (Å²) in [5.74, 6) is 0. The minimum absolute atomic E-state index is 0.00455. The maximum atomic E-state index is 12.9. The van der Waals surface area contributed by atoms with Crippen molar-refractivity contribution < 1.29 is 13.2 Å². The average Bonchev–Trinajstić information content (AvgIpc) is 2.34. The van der Waals surface area contributed by atoms with Crippen LogP contribution in [0.15, 0.2) is 36.4 Å². The van der Waals surface area contributed by atoms with Crippen LogP contribution in [0, 0.1) is 11.3 Å². The molecule has 1 aromatic rings. The van der Waals surface area contributed by atoms with Gasteiger partial charge in [-0.3, -0.25) is 0 Å². The van der Waals surface area contributed by atoms with Crippen LogP contribution in [0.4, 0.5) is 13.2 Å². The molecule has 1 aromatic carbocycles. The van der Waals surface area contributed by atoms with E-state index in [2.05, 4.69) is 0 Å². The van der Waals surface area contributed by atoms with Gasteiger partial charge in [-0.25, -0.2) is 0 Å². The Morgan fingerprint density at radius 2 is 2.00 bits per heavy atom. The van der Waals surface area contributed by atoms with Crippen LogP contribution in [0.25, 0.3) is 5.57 Å². The maximum Gasteiger partial charge on any atom is 0.417 e. The van der Waals surface area contributed by atoms with Gasteiger partial charge in [0.15, 0.2) is 0 Å². The highest BCUT2D eigenvalue weighted by molar-refractivity contribution is 5.69. The molecule has 4 heteroatoms. The summed E-state index contributed by atoms with van der Waals surface area (Å²) in [6.45, 7) is 3.39. The highest BCUT2D eigenvalue weighted by Gasteiger charge is 2.33. The number of hydrogen-bond donors (Lipinski definition) is 0. The summed E-state index contributed by atoms with van der Waals surface area (Å²) in [6.07, 6.45) is 0.554. The lowest BCUT2D eigenvalue weighted by Gasteiger charge is -2.13. The minimum atomic E-state index is -4.47. The molecule has 0 aliphatic heterocycles. The van der Waals surface area contributed by atoms with Gasteiger partial charge in [-0.15, -0.1) is 0 Å². The van der Waals surface area contributed by atoms with Crippen LogP contribution in [0.3, 0.4) is 0 Å². The molecule has 18 heavy (non-hydrogen) atoms. The lowest BCUT2D eigenvalue weighted by atomic mass is 9.98. The van der Waals surface area contributed by atoms with Crippen LogP contribution in [0.5, 0.6) is 0 Å². The molecule has 0 heterocycles. The summed E-state index contributed by atoms with van der Waals surface area (Å²) in [5, 5.41) is 8.66. The Balaban J connectivity index is 3.41. The Labute approximate surface area is 104 Å². The van der Waals surface area contributed by atoms with E-state index in [4.69, 9.17) is 5.26 Å². The number of rotatable bonds is 2. The molecular weight excluding hydrogens is 239 g/mol. The monoisotopic (exact) mass is 251 g/mol. The van der Waals surface area contributed by atoms with Crippen molar-refractivity contribution in [3.8, 4) is 6.07 Å². The second kappa shape index (κ2) is 5.54. The molecule has 0 spiro atoms. The molecule has 0 fully saturated rings. The van der Waals surface area contributed by atoms with E-state index in [9.17, 15) is 13.2 Å². The summed E-state index contributed by atoms with van der Waals surface area (Å²) in [6, 6.07) is 5.31. The van der Waals surface area contributed by atoms with E-state index >= 15 is 0 Å². The summed E-state index contributed by atoms with van der Waals surface area (Å²) in [7, 11) is 0. The molecule has 0 amide bonds. The van der Waals surface area contributed by atoms with E-state index < -0.39 is 11.7 Å². The first-order valence-electron chi connectivity index (χ1n) is 5.31. The number of nitriles is 1. The second-order valence-electron chi connectivity index (χ2n) is 3.75. The maximum absolute atomic E-state index is 12.9. The van der Waals surface area contributed by atoms with Gasteiger partial charge in [0, 0.05) is 0 Å². The van der Waals surface area contributed by atoms with Gasteiger partial charge in [-0.2, -0.15) is 18.4 Å². The molecule has 0 aliphatic rings. The van der Waals surface area contributed by atoms with Crippen LogP contribution in [0.2, 0.25) is 0 Å². The zero-order valence-corrected chi connectivity index (χ0v) is 10.0. The van der Waals surface area contributed by atoms with Crippen molar-refractivity contribution in [2.75, 3.05) is 0 Å². The van der Waals surface area contributed by atoms with Gasteiger partial charge in [0.25, 0.3) is 0 Å². The highest BCUT2D eigenvalue weighted by Crippen LogP contribution is 2.35. The fraction of sp³-hybridized carbons (Fsp3) is 0.214. The van der Waals surface area contributed by atoms with Gasteiger partial charge in [-0.1, -0.05) is 24.3 Å². The Bertz CT molecular complexity index is 531. The van der Waals surface area contributed by atoms with E-state index in [-0.39, 0.29) is 11.1 Å². The molecular formula is C14H12F3N. The van der Waals surface area contributed by atoms with Crippen LogP contribution in [-0.4, -0.2) is 0 Å². The zero-order chi connectivity index (χ0) is 13.8. The number of hydrogen-bond acceptors (Lipinski definition) is 1. The van der Waals surface area contributed by atoms with E-state index in [0.29, 0.717) is 5.57 Å². The molecule has 94 valence electrons. The van der Waals surface area contributed by atoms with Gasteiger partial charge in [-0.05, 0) is 37.1 Å². The van der Waals surface area contributed by atoms with Crippen LogP contribution < -0.4 is 0 Å². The molecule has 1 nitrogen and oxygen atoms in total. The number of alkyl halides is 3. The Morgan fingerprint density at radius 1 is 1.33 bits per heavy atom. The molecule has 0 aromatic heterocycles. The van der Waals surface area contributed by atoms with Crippen molar-refractivity contribution >= 4 is 5.57 Å². The van der Waals surface area contributed by atoms with E-state index in [1.54, 1.807) is 38.1 Å². The van der Waals surface area contributed by atoms with Crippen molar-refractivity contribution in [3.63, 3.8) is 0 Å². The first-order valence-corrected chi connectivity index (χ1v) is 5.31. The smallest absolute Gasteiger partial charge is 0.192 e. The highest BCUT2D eigenvalue weighted by atomic mass is 19.4. The average molecular weight is 251 g/mol. The first-order chi connectivity index (χ1) is 8.40. The molecule has 0 bridgehead atoms. The van der Waals surface area contributed by atoms with Gasteiger partial charge in [0.1, 0.15) is 0 Å². The summed E-state index contributed by atoms with van der Waals surface area (Å²) >= 11 is 0. The van der Waals surface area contributed by atoms with Gasteiger partial charge in [0.2, 0.25) is 0 Å². The van der Waals surface area contributed by atoms with Gasteiger partial charge < -0.3 is 0 Å². The number of halogens is 3. The van der Waals surface area contributed by atoms with Gasteiger partial charge >= 0.3 is 6.18 Å². The van der Waals surface area contributed by atoms with Crippen LogP contribution >= 0.6 is 0 Å². The molecule has 0 saturated heterocycles. The summed E-state index contributed by atoms with van der Waals surface area (Å²) in [5.41, 5.74) is -0.172. The minimum Gasteiger partial charge on any atom is -0.192 e. The molecule has 0 radical (unpaired) electrons. The molecule has 0 atom stereocenters. The lowest BCUT2D eigenvalue weighted by molar-refractivity contribution is -0.137. The quantitative estimate of drug-likeness (QED) is 0.707. The first kappa shape index (κ1) is 14.0. The van der Waals surface area contributed by atoms with E-state index in [0.717, 1.165) is 6.07 Å². The third kappa shape index (κ3) is 3.24. The van der Waals surface area contributed by atoms with Crippen LogP contribution in [-0.2, 0) is 6.18 Å². The number of benzene rings is 1. The van der Waals surface area contributed by atoms with Crippen LogP contribution in [0.1, 0.15) is 30.5 Å². The van der Waals surface area contributed by atoms with E-state index in [1.165, 1.54) is 12.1 Å². The summed E-state index contributed by atoms with van der Waals surface area (Å²) < 4.78 is 38.7. The fourth-order valence-corrected chi connectivity index (χ4v) is 1.52. The summed E-state index contributed by atoms with van der Waals surface area (Å²) in [4.78, 5) is 0. The third-order valence-electron chi connectivity index (χ3n) is 2.42. The van der Waals surface area contributed by atoms with Crippen molar-refractivity contribution in [3.05, 3.63) is 53.1 Å². The standard InChI is InChI=1S/C14H12F3N/c1-3-4-5-10(2)12-7-6-11(9-18)8-13(12)14(15,16)17/h3-8H,1-2H3/b4-3-,10-5+. The Kier molecular flexibility index (Phi) is 4.33. The normalized spacial score (nSPS) is 12.8. The Morgan fingerprint density at radius 3 is 2.50 bits per heavy atom. The molecule has 1 rings (SSSR count). The van der Waals surface area contributed by atoms with E-state index in [1.807, 2.05) is 0 Å². The predicted octanol–water partition coefficient (Wildman–Crippen LogP) is 4.56. The number of allylic oxidation sites excluding steroid dienone is 4. The molecule has 0 N–H and O–H groups in total. The third-order valence-corrected chi connectivity index (χ3v) is 2.42. The van der Waals surface area contributed by atoms with Crippen molar-refractivity contribution in [1.82, 2.24) is 0 Å². The predicted molar refractivity (Wildman–Crippen MR) is 64.6 cm³/mol. The zero-order valence-electron chi connectivity index (χ0n) is 10.0. The lowest BCUT2D eigenvalue weighted by Crippen LogP contribution is -2.09. The largest absolute Gasteiger partial charge is 0.417 e. The van der Waals surface area contributed by atoms with Crippen molar-refractivity contribution in [1.29, 1.82) is 5.26 Å². The molecule has 0 aliphatic carbocycles. The molecule has 0 unspecified atom stereocenters. The van der Waals surface area contributed by atoms with Gasteiger partial charge in [0.05, 0.1) is 17.2 Å². The number of nitrogens with zero attached hydrogens (tertiary/aromatic N) is 1. The SMILES string of the molecule is C/C=C\C=C(/C)c1ccc(C#N)cc1C(F)(F)F. The topological polar surface area (TPSA) is 23.8 Å². The second-order valence-corrected chi connectivity index (χ2v) is 3.75.